The Balaban J connectivity index is 1.66. The van der Waals surface area contributed by atoms with Crippen LogP contribution in [0.5, 0.6) is 5.75 Å². The molecule has 2 aromatic rings. The Morgan fingerprint density at radius 3 is 2.50 bits per heavy atom. The van der Waals surface area contributed by atoms with Crippen molar-refractivity contribution in [2.24, 2.45) is 5.92 Å². The molecule has 26 heavy (non-hydrogen) atoms. The molecular weight excluding hydrogens is 325 g/mol. The average molecular weight is 355 g/mol. The van der Waals surface area contributed by atoms with Crippen molar-refractivity contribution in [3.63, 3.8) is 0 Å². The topological polar surface area (TPSA) is 22.1 Å². The zero-order chi connectivity index (χ0) is 18.4. The Hall–Kier alpha value is -1.90. The Bertz CT molecular complexity index is 690. The van der Waals surface area contributed by atoms with Gasteiger partial charge in [0, 0.05) is 17.8 Å². The quantitative estimate of drug-likeness (QED) is 0.512. The number of rotatable bonds is 7. The molecule has 1 aliphatic carbocycles. The summed E-state index contributed by atoms with van der Waals surface area (Å²) in [6, 6.07) is 9.15. The van der Waals surface area contributed by atoms with Crippen LogP contribution in [0, 0.1) is 11.7 Å². The Labute approximate surface area is 156 Å². The number of pyridine rings is 1. The summed E-state index contributed by atoms with van der Waals surface area (Å²) in [7, 11) is 0. The van der Waals surface area contributed by atoms with E-state index in [2.05, 4.69) is 24.9 Å². The lowest BCUT2D eigenvalue weighted by Gasteiger charge is -2.27. The highest BCUT2D eigenvalue weighted by Gasteiger charge is 2.21. The molecule has 1 heterocycles. The maximum absolute atomic E-state index is 14.5. The number of hydrogen-bond acceptors (Lipinski definition) is 2. The number of aromatic nitrogens is 1. The highest BCUT2D eigenvalue weighted by atomic mass is 19.1. The molecule has 140 valence electrons. The van der Waals surface area contributed by atoms with Gasteiger partial charge in [-0.25, -0.2) is 4.39 Å². The van der Waals surface area contributed by atoms with Crippen LogP contribution in [-0.2, 0) is 0 Å². The van der Waals surface area contributed by atoms with E-state index >= 15 is 0 Å². The van der Waals surface area contributed by atoms with Crippen LogP contribution in [0.1, 0.15) is 70.3 Å². The molecule has 1 aromatic carbocycles. The molecule has 3 rings (SSSR count). The number of ether oxygens (including phenoxy) is 1. The van der Waals surface area contributed by atoms with Crippen molar-refractivity contribution in [2.75, 3.05) is 6.61 Å². The number of hydrogen-bond donors (Lipinski definition) is 0. The SMILES string of the molecule is CCCCOc1ccc(-c2ccc([C@H]3CC[C@H](CC)CC3)cn2)c(F)c1. The summed E-state index contributed by atoms with van der Waals surface area (Å²) >= 11 is 0. The summed E-state index contributed by atoms with van der Waals surface area (Å²) in [6.07, 6.45) is 10.4. The van der Waals surface area contributed by atoms with Crippen molar-refractivity contribution in [1.82, 2.24) is 4.98 Å². The maximum Gasteiger partial charge on any atom is 0.136 e. The summed E-state index contributed by atoms with van der Waals surface area (Å²) in [6.45, 7) is 5.02. The number of benzene rings is 1. The largest absolute Gasteiger partial charge is 0.493 e. The second-order valence-electron chi connectivity index (χ2n) is 7.45. The minimum absolute atomic E-state index is 0.275. The lowest BCUT2D eigenvalue weighted by Crippen LogP contribution is -2.12. The molecule has 1 fully saturated rings. The van der Waals surface area contributed by atoms with Gasteiger partial charge in [-0.15, -0.1) is 0 Å². The van der Waals surface area contributed by atoms with Gasteiger partial charge in [0.25, 0.3) is 0 Å². The number of halogens is 1. The third-order valence-corrected chi connectivity index (χ3v) is 5.66. The first kappa shape index (κ1) is 18.9. The molecule has 0 amide bonds. The molecule has 0 radical (unpaired) electrons. The standard InChI is InChI=1S/C23H30FNO/c1-3-5-14-26-20-11-12-21(22(24)15-20)23-13-10-19(16-25-23)18-8-6-17(4-2)7-9-18/h10-13,15-18H,3-9,14H2,1-2H3/t17-,18-. The van der Waals surface area contributed by atoms with Gasteiger partial charge in [0.15, 0.2) is 0 Å². The zero-order valence-electron chi connectivity index (χ0n) is 16.0. The molecular formula is C23H30FNO. The lowest BCUT2D eigenvalue weighted by molar-refractivity contribution is 0.308. The van der Waals surface area contributed by atoms with Gasteiger partial charge in [0.2, 0.25) is 0 Å². The van der Waals surface area contributed by atoms with Crippen LogP contribution in [0.15, 0.2) is 36.5 Å². The van der Waals surface area contributed by atoms with Crippen LogP contribution in [0.4, 0.5) is 4.39 Å². The van der Waals surface area contributed by atoms with Crippen molar-refractivity contribution >= 4 is 0 Å². The molecule has 2 nitrogen and oxygen atoms in total. The summed E-state index contributed by atoms with van der Waals surface area (Å²) in [4.78, 5) is 4.55. The molecule has 0 saturated heterocycles. The van der Waals surface area contributed by atoms with E-state index in [0.717, 1.165) is 18.8 Å². The van der Waals surface area contributed by atoms with E-state index in [1.165, 1.54) is 43.7 Å². The first-order chi connectivity index (χ1) is 12.7. The van der Waals surface area contributed by atoms with E-state index in [0.29, 0.717) is 29.5 Å². The van der Waals surface area contributed by atoms with Crippen LogP contribution in [0.25, 0.3) is 11.3 Å². The first-order valence-electron chi connectivity index (χ1n) is 10.1. The zero-order valence-corrected chi connectivity index (χ0v) is 16.0. The van der Waals surface area contributed by atoms with E-state index in [9.17, 15) is 4.39 Å². The van der Waals surface area contributed by atoms with Gasteiger partial charge in [0.1, 0.15) is 11.6 Å². The molecule has 1 saturated carbocycles. The highest BCUT2D eigenvalue weighted by molar-refractivity contribution is 5.61. The van der Waals surface area contributed by atoms with Crippen LogP contribution >= 0.6 is 0 Å². The van der Waals surface area contributed by atoms with Crippen molar-refractivity contribution in [3.05, 3.63) is 47.9 Å². The fourth-order valence-corrected chi connectivity index (χ4v) is 3.84. The van der Waals surface area contributed by atoms with Gasteiger partial charge in [-0.05, 0) is 67.7 Å². The van der Waals surface area contributed by atoms with Gasteiger partial charge in [-0.1, -0.05) is 32.8 Å². The smallest absolute Gasteiger partial charge is 0.136 e. The lowest BCUT2D eigenvalue weighted by atomic mass is 9.78. The van der Waals surface area contributed by atoms with Crippen molar-refractivity contribution in [1.29, 1.82) is 0 Å². The van der Waals surface area contributed by atoms with E-state index in [1.807, 2.05) is 18.3 Å². The predicted octanol–water partition coefficient (Wildman–Crippen LogP) is 6.75. The van der Waals surface area contributed by atoms with E-state index in [-0.39, 0.29) is 5.82 Å². The van der Waals surface area contributed by atoms with Gasteiger partial charge in [-0.3, -0.25) is 4.98 Å². The molecule has 0 atom stereocenters. The monoisotopic (exact) mass is 355 g/mol. The van der Waals surface area contributed by atoms with Crippen molar-refractivity contribution < 1.29 is 9.13 Å². The summed E-state index contributed by atoms with van der Waals surface area (Å²) in [5.41, 5.74) is 2.52. The van der Waals surface area contributed by atoms with E-state index in [1.54, 1.807) is 6.07 Å². The average Bonchev–Trinajstić information content (AvgIpc) is 2.69. The van der Waals surface area contributed by atoms with E-state index < -0.39 is 0 Å². The predicted molar refractivity (Wildman–Crippen MR) is 105 cm³/mol. The fourth-order valence-electron chi connectivity index (χ4n) is 3.84. The molecule has 0 bridgehead atoms. The summed E-state index contributed by atoms with van der Waals surface area (Å²) in [5.74, 6) is 1.82. The Kier molecular flexibility index (Phi) is 6.65. The fraction of sp³-hybridized carbons (Fsp3) is 0.522. The molecule has 0 aliphatic heterocycles. The van der Waals surface area contributed by atoms with Crippen LogP contribution < -0.4 is 4.74 Å². The van der Waals surface area contributed by atoms with Gasteiger partial charge in [-0.2, -0.15) is 0 Å². The highest BCUT2D eigenvalue weighted by Crippen LogP contribution is 2.37. The third-order valence-electron chi connectivity index (χ3n) is 5.66. The molecule has 0 unspecified atom stereocenters. The van der Waals surface area contributed by atoms with E-state index in [4.69, 9.17) is 4.74 Å². The van der Waals surface area contributed by atoms with Gasteiger partial charge in [0.05, 0.1) is 12.3 Å². The van der Waals surface area contributed by atoms with Crippen LogP contribution in [0.2, 0.25) is 0 Å². The second kappa shape index (κ2) is 9.16. The number of unbranched alkanes of at least 4 members (excludes halogenated alkanes) is 1. The molecule has 0 N–H and O–H groups in total. The minimum Gasteiger partial charge on any atom is -0.493 e. The van der Waals surface area contributed by atoms with Gasteiger partial charge < -0.3 is 4.74 Å². The van der Waals surface area contributed by atoms with Crippen molar-refractivity contribution in [2.45, 2.75) is 64.7 Å². The minimum atomic E-state index is -0.275. The molecule has 0 spiro atoms. The van der Waals surface area contributed by atoms with Crippen LogP contribution in [0.3, 0.4) is 0 Å². The molecule has 1 aromatic heterocycles. The maximum atomic E-state index is 14.5. The van der Waals surface area contributed by atoms with Gasteiger partial charge >= 0.3 is 0 Å². The molecule has 1 aliphatic rings. The van der Waals surface area contributed by atoms with Crippen molar-refractivity contribution in [3.8, 4) is 17.0 Å². The summed E-state index contributed by atoms with van der Waals surface area (Å²) in [5, 5.41) is 0. The normalized spacial score (nSPS) is 20.1. The summed E-state index contributed by atoms with van der Waals surface area (Å²) < 4.78 is 20.0. The molecule has 3 heteroatoms. The Morgan fingerprint density at radius 2 is 1.88 bits per heavy atom. The number of nitrogens with zero attached hydrogens (tertiary/aromatic N) is 1. The Morgan fingerprint density at radius 1 is 1.08 bits per heavy atom. The second-order valence-corrected chi connectivity index (χ2v) is 7.45. The van der Waals surface area contributed by atoms with Crippen LogP contribution in [-0.4, -0.2) is 11.6 Å². The first-order valence-corrected chi connectivity index (χ1v) is 10.1. The third kappa shape index (κ3) is 4.63.